The average Bonchev–Trinajstić information content (AvgIpc) is 3.23. The lowest BCUT2D eigenvalue weighted by Crippen LogP contribution is -2.38. The number of carbonyl (C=O) groups excluding carboxylic acids is 2. The number of anilines is 1. The van der Waals surface area contributed by atoms with Gasteiger partial charge in [-0.1, -0.05) is 44.9 Å². The summed E-state index contributed by atoms with van der Waals surface area (Å²) in [6, 6.07) is 6.56. The SMILES string of the molecule is CCc1cccc(CC)c1N1CC(C(=O)NC2CCCC2)CC1=O. The van der Waals surface area contributed by atoms with Gasteiger partial charge in [-0.15, -0.1) is 0 Å². The lowest BCUT2D eigenvalue weighted by Gasteiger charge is -2.23. The van der Waals surface area contributed by atoms with Crippen LogP contribution in [-0.4, -0.2) is 24.4 Å². The number of amides is 2. The molecule has 1 atom stereocenters. The molecule has 1 saturated heterocycles. The molecule has 0 aromatic heterocycles. The van der Waals surface area contributed by atoms with Gasteiger partial charge in [-0.2, -0.15) is 0 Å². The van der Waals surface area contributed by atoms with E-state index in [-0.39, 0.29) is 17.7 Å². The summed E-state index contributed by atoms with van der Waals surface area (Å²) >= 11 is 0. The zero-order valence-electron chi connectivity index (χ0n) is 14.8. The van der Waals surface area contributed by atoms with E-state index in [1.165, 1.54) is 24.0 Å². The van der Waals surface area contributed by atoms with E-state index in [1.807, 2.05) is 4.90 Å². The van der Waals surface area contributed by atoms with Crippen LogP contribution in [0.5, 0.6) is 0 Å². The number of nitrogens with zero attached hydrogens (tertiary/aromatic N) is 1. The lowest BCUT2D eigenvalue weighted by molar-refractivity contribution is -0.126. The number of rotatable bonds is 5. The highest BCUT2D eigenvalue weighted by molar-refractivity contribution is 6.01. The number of nitrogens with one attached hydrogen (secondary N) is 1. The molecule has 3 rings (SSSR count). The summed E-state index contributed by atoms with van der Waals surface area (Å²) in [5.41, 5.74) is 3.43. The van der Waals surface area contributed by atoms with E-state index in [9.17, 15) is 9.59 Å². The van der Waals surface area contributed by atoms with Crippen LogP contribution in [0.15, 0.2) is 18.2 Å². The molecular formula is C20H28N2O2. The van der Waals surface area contributed by atoms with Crippen LogP contribution >= 0.6 is 0 Å². The molecule has 4 heteroatoms. The van der Waals surface area contributed by atoms with Crippen LogP contribution < -0.4 is 10.2 Å². The Morgan fingerprint density at radius 3 is 2.38 bits per heavy atom. The van der Waals surface area contributed by atoms with Crippen LogP contribution in [-0.2, 0) is 22.4 Å². The number of hydrogen-bond acceptors (Lipinski definition) is 2. The molecule has 1 unspecified atom stereocenters. The summed E-state index contributed by atoms with van der Waals surface area (Å²) in [5.74, 6) is -0.0744. The summed E-state index contributed by atoms with van der Waals surface area (Å²) in [6.07, 6.45) is 6.68. The molecule has 0 radical (unpaired) electrons. The first-order valence-electron chi connectivity index (χ1n) is 9.35. The molecule has 130 valence electrons. The summed E-state index contributed by atoms with van der Waals surface area (Å²) in [4.78, 5) is 27.0. The topological polar surface area (TPSA) is 49.4 Å². The number of hydrogen-bond donors (Lipinski definition) is 1. The number of para-hydroxylation sites is 1. The van der Waals surface area contributed by atoms with E-state index in [2.05, 4.69) is 37.4 Å². The van der Waals surface area contributed by atoms with Gasteiger partial charge >= 0.3 is 0 Å². The Morgan fingerprint density at radius 2 is 1.79 bits per heavy atom. The Balaban J connectivity index is 1.76. The van der Waals surface area contributed by atoms with Crippen molar-refractivity contribution < 1.29 is 9.59 Å². The standard InChI is InChI=1S/C20H28N2O2/c1-3-14-8-7-9-15(4-2)19(14)22-13-16(12-18(22)23)20(24)21-17-10-5-6-11-17/h7-9,16-17H,3-6,10-13H2,1-2H3,(H,21,24). The Kier molecular flexibility index (Phi) is 5.22. The van der Waals surface area contributed by atoms with Crippen molar-refractivity contribution in [3.63, 3.8) is 0 Å². The van der Waals surface area contributed by atoms with Gasteiger partial charge in [0, 0.05) is 24.7 Å². The molecule has 1 aromatic carbocycles. The third-order valence-corrected chi connectivity index (χ3v) is 5.43. The van der Waals surface area contributed by atoms with Crippen LogP contribution in [0.2, 0.25) is 0 Å². The molecule has 1 saturated carbocycles. The van der Waals surface area contributed by atoms with Gasteiger partial charge in [0.15, 0.2) is 0 Å². The van der Waals surface area contributed by atoms with Gasteiger partial charge in [0.05, 0.1) is 5.92 Å². The van der Waals surface area contributed by atoms with Gasteiger partial charge in [-0.25, -0.2) is 0 Å². The minimum absolute atomic E-state index is 0.0600. The van der Waals surface area contributed by atoms with E-state index in [0.29, 0.717) is 19.0 Å². The van der Waals surface area contributed by atoms with Crippen molar-refractivity contribution in [1.82, 2.24) is 5.32 Å². The molecule has 4 nitrogen and oxygen atoms in total. The fourth-order valence-electron chi connectivity index (χ4n) is 4.05. The van der Waals surface area contributed by atoms with E-state index >= 15 is 0 Å². The molecule has 1 aliphatic heterocycles. The van der Waals surface area contributed by atoms with E-state index in [4.69, 9.17) is 0 Å². The first-order chi connectivity index (χ1) is 11.6. The molecular weight excluding hydrogens is 300 g/mol. The molecule has 0 spiro atoms. The average molecular weight is 328 g/mol. The molecule has 1 aromatic rings. The molecule has 0 bridgehead atoms. The number of carbonyl (C=O) groups is 2. The molecule has 1 aliphatic carbocycles. The third kappa shape index (κ3) is 3.33. The van der Waals surface area contributed by atoms with E-state index in [0.717, 1.165) is 31.4 Å². The summed E-state index contributed by atoms with van der Waals surface area (Å²) in [7, 11) is 0. The zero-order chi connectivity index (χ0) is 17.1. The maximum absolute atomic E-state index is 12.6. The van der Waals surface area contributed by atoms with Gasteiger partial charge in [0.25, 0.3) is 0 Å². The first-order valence-corrected chi connectivity index (χ1v) is 9.35. The first kappa shape index (κ1) is 17.0. The summed E-state index contributed by atoms with van der Waals surface area (Å²) in [5, 5.41) is 3.15. The minimum atomic E-state index is -0.215. The Bertz CT molecular complexity index is 598. The highest BCUT2D eigenvalue weighted by Crippen LogP contribution is 2.32. The van der Waals surface area contributed by atoms with Crippen molar-refractivity contribution in [2.24, 2.45) is 5.92 Å². The Morgan fingerprint density at radius 1 is 1.17 bits per heavy atom. The quantitative estimate of drug-likeness (QED) is 0.902. The predicted molar refractivity (Wildman–Crippen MR) is 96.1 cm³/mol. The smallest absolute Gasteiger partial charge is 0.227 e. The highest BCUT2D eigenvalue weighted by atomic mass is 16.2. The Hall–Kier alpha value is -1.84. The number of aryl methyl sites for hydroxylation is 2. The van der Waals surface area contributed by atoms with Crippen molar-refractivity contribution in [3.8, 4) is 0 Å². The molecule has 1 N–H and O–H groups in total. The second-order valence-corrected chi connectivity index (χ2v) is 7.03. The molecule has 2 fully saturated rings. The van der Waals surface area contributed by atoms with Crippen molar-refractivity contribution in [2.45, 2.75) is 64.8 Å². The van der Waals surface area contributed by atoms with E-state index in [1.54, 1.807) is 0 Å². The van der Waals surface area contributed by atoms with Crippen LogP contribution in [0.1, 0.15) is 57.1 Å². The van der Waals surface area contributed by atoms with Crippen molar-refractivity contribution in [1.29, 1.82) is 0 Å². The van der Waals surface area contributed by atoms with Crippen molar-refractivity contribution in [2.75, 3.05) is 11.4 Å². The molecule has 1 heterocycles. The second kappa shape index (κ2) is 7.37. The van der Waals surface area contributed by atoms with Gasteiger partial charge < -0.3 is 10.2 Å². The van der Waals surface area contributed by atoms with Gasteiger partial charge in [0.1, 0.15) is 0 Å². The predicted octanol–water partition coefficient (Wildman–Crippen LogP) is 3.22. The normalized spacial score (nSPS) is 21.5. The molecule has 2 aliphatic rings. The summed E-state index contributed by atoms with van der Waals surface area (Å²) in [6.45, 7) is 4.74. The fourth-order valence-corrected chi connectivity index (χ4v) is 4.05. The van der Waals surface area contributed by atoms with Gasteiger partial charge in [-0.05, 0) is 36.8 Å². The second-order valence-electron chi connectivity index (χ2n) is 7.03. The zero-order valence-corrected chi connectivity index (χ0v) is 14.8. The lowest BCUT2D eigenvalue weighted by atomic mass is 10.0. The molecule has 2 amide bonds. The van der Waals surface area contributed by atoms with Crippen molar-refractivity contribution >= 4 is 17.5 Å². The fraction of sp³-hybridized carbons (Fsp3) is 0.600. The third-order valence-electron chi connectivity index (χ3n) is 5.43. The largest absolute Gasteiger partial charge is 0.353 e. The Labute approximate surface area is 144 Å². The van der Waals surface area contributed by atoms with E-state index < -0.39 is 0 Å². The van der Waals surface area contributed by atoms with Crippen LogP contribution in [0.3, 0.4) is 0 Å². The maximum Gasteiger partial charge on any atom is 0.227 e. The van der Waals surface area contributed by atoms with Crippen molar-refractivity contribution in [3.05, 3.63) is 29.3 Å². The molecule has 24 heavy (non-hydrogen) atoms. The van der Waals surface area contributed by atoms with Crippen LogP contribution in [0, 0.1) is 5.92 Å². The monoisotopic (exact) mass is 328 g/mol. The summed E-state index contributed by atoms with van der Waals surface area (Å²) < 4.78 is 0. The van der Waals surface area contributed by atoms with Gasteiger partial charge in [-0.3, -0.25) is 9.59 Å². The van der Waals surface area contributed by atoms with Crippen LogP contribution in [0.25, 0.3) is 0 Å². The maximum atomic E-state index is 12.6. The minimum Gasteiger partial charge on any atom is -0.353 e. The van der Waals surface area contributed by atoms with Gasteiger partial charge in [0.2, 0.25) is 11.8 Å². The number of benzene rings is 1. The van der Waals surface area contributed by atoms with Crippen LogP contribution in [0.4, 0.5) is 5.69 Å². The highest BCUT2D eigenvalue weighted by Gasteiger charge is 2.37.